The average molecular weight is 427 g/mol. The van der Waals surface area contributed by atoms with Gasteiger partial charge in [-0.25, -0.2) is 9.78 Å². The van der Waals surface area contributed by atoms with Crippen LogP contribution in [0, 0.1) is 0 Å². The highest BCUT2D eigenvalue weighted by Gasteiger charge is 2.31. The summed E-state index contributed by atoms with van der Waals surface area (Å²) < 4.78 is 51.4. The van der Waals surface area contributed by atoms with Crippen LogP contribution in [0.4, 0.5) is 13.2 Å². The fraction of sp³-hybridized carbons (Fsp3) is 0.278. The number of hydrogen-bond acceptors (Lipinski definition) is 6. The number of carboxylic acid groups (broad SMARTS) is 1. The van der Waals surface area contributed by atoms with Gasteiger partial charge < -0.3 is 14.6 Å². The predicted molar refractivity (Wildman–Crippen MR) is 98.2 cm³/mol. The molecular formula is C18H16F3N3O4S. The van der Waals surface area contributed by atoms with Crippen LogP contribution in [-0.2, 0) is 17.5 Å². The average Bonchev–Trinajstić information content (AvgIpc) is 3.31. The van der Waals surface area contributed by atoms with Gasteiger partial charge in [0.25, 0.3) is 0 Å². The zero-order valence-corrected chi connectivity index (χ0v) is 16.0. The van der Waals surface area contributed by atoms with Gasteiger partial charge in [0, 0.05) is 24.3 Å². The number of aromatic carboxylic acids is 1. The van der Waals surface area contributed by atoms with E-state index in [-0.39, 0.29) is 36.6 Å². The number of alkyl halides is 3. The Morgan fingerprint density at radius 2 is 2.07 bits per heavy atom. The van der Waals surface area contributed by atoms with Crippen LogP contribution < -0.4 is 4.74 Å². The summed E-state index contributed by atoms with van der Waals surface area (Å²) in [5, 5.41) is 15.1. The van der Waals surface area contributed by atoms with E-state index in [4.69, 9.17) is 14.6 Å². The van der Waals surface area contributed by atoms with Gasteiger partial charge in [0.1, 0.15) is 17.4 Å². The van der Waals surface area contributed by atoms with Gasteiger partial charge in [-0.15, -0.1) is 11.3 Å². The number of thiazole rings is 1. The molecule has 3 rings (SSSR count). The van der Waals surface area contributed by atoms with E-state index in [0.717, 1.165) is 12.1 Å². The summed E-state index contributed by atoms with van der Waals surface area (Å²) in [6.07, 6.45) is -1.96. The minimum atomic E-state index is -4.53. The molecule has 3 aromatic rings. The van der Waals surface area contributed by atoms with Crippen LogP contribution in [0.25, 0.3) is 11.3 Å². The molecule has 0 amide bonds. The maximum atomic E-state index is 13.3. The third-order valence-electron chi connectivity index (χ3n) is 3.82. The van der Waals surface area contributed by atoms with E-state index in [0.29, 0.717) is 10.7 Å². The maximum absolute atomic E-state index is 13.3. The quantitative estimate of drug-likeness (QED) is 0.551. The second-order valence-electron chi connectivity index (χ2n) is 5.94. The van der Waals surface area contributed by atoms with E-state index in [1.165, 1.54) is 41.6 Å². The van der Waals surface area contributed by atoms with Crippen molar-refractivity contribution in [1.82, 2.24) is 14.8 Å². The van der Waals surface area contributed by atoms with Gasteiger partial charge in [-0.05, 0) is 18.2 Å². The SMILES string of the molecule is COCCOc1cc(-c2csc(Cn3cc(C(=O)O)cn3)n2)cc(C(F)(F)F)c1. The van der Waals surface area contributed by atoms with Crippen molar-refractivity contribution in [2.45, 2.75) is 12.7 Å². The first-order chi connectivity index (χ1) is 13.8. The number of methoxy groups -OCH3 is 1. The molecule has 0 fully saturated rings. The first-order valence-corrected chi connectivity index (χ1v) is 9.19. The molecule has 2 heterocycles. The molecule has 0 radical (unpaired) electrons. The fourth-order valence-corrected chi connectivity index (χ4v) is 3.25. The Morgan fingerprint density at radius 3 is 2.72 bits per heavy atom. The molecule has 2 aromatic heterocycles. The Hall–Kier alpha value is -2.92. The molecule has 11 heteroatoms. The Kier molecular flexibility index (Phi) is 6.18. The largest absolute Gasteiger partial charge is 0.491 e. The summed E-state index contributed by atoms with van der Waals surface area (Å²) in [4.78, 5) is 15.3. The molecule has 0 aliphatic rings. The molecule has 0 saturated carbocycles. The number of halogens is 3. The molecule has 0 aliphatic heterocycles. The van der Waals surface area contributed by atoms with Crippen molar-refractivity contribution in [3.05, 3.63) is 52.1 Å². The van der Waals surface area contributed by atoms with Crippen LogP contribution in [0.2, 0.25) is 0 Å². The van der Waals surface area contributed by atoms with Gasteiger partial charge in [-0.2, -0.15) is 18.3 Å². The maximum Gasteiger partial charge on any atom is 0.416 e. The van der Waals surface area contributed by atoms with Gasteiger partial charge in [-0.1, -0.05) is 0 Å². The van der Waals surface area contributed by atoms with E-state index < -0.39 is 17.7 Å². The summed E-state index contributed by atoms with van der Waals surface area (Å²) in [6.45, 7) is 0.563. The smallest absolute Gasteiger partial charge is 0.416 e. The van der Waals surface area contributed by atoms with Gasteiger partial charge in [0.15, 0.2) is 0 Å². The molecule has 0 unspecified atom stereocenters. The van der Waals surface area contributed by atoms with Crippen LogP contribution in [0.1, 0.15) is 20.9 Å². The van der Waals surface area contributed by atoms with Gasteiger partial charge in [0.05, 0.1) is 36.2 Å². The van der Waals surface area contributed by atoms with E-state index in [9.17, 15) is 18.0 Å². The summed E-state index contributed by atoms with van der Waals surface area (Å²) >= 11 is 1.24. The van der Waals surface area contributed by atoms with Crippen molar-refractivity contribution >= 4 is 17.3 Å². The van der Waals surface area contributed by atoms with Gasteiger partial charge in [-0.3, -0.25) is 4.68 Å². The topological polar surface area (TPSA) is 86.5 Å². The second-order valence-corrected chi connectivity index (χ2v) is 6.89. The monoisotopic (exact) mass is 427 g/mol. The van der Waals surface area contributed by atoms with E-state index in [1.807, 2.05) is 0 Å². The third kappa shape index (κ3) is 5.33. The number of carboxylic acids is 1. The van der Waals surface area contributed by atoms with E-state index in [1.54, 1.807) is 5.38 Å². The molecule has 154 valence electrons. The van der Waals surface area contributed by atoms with Crippen molar-refractivity contribution in [3.8, 4) is 17.0 Å². The minimum Gasteiger partial charge on any atom is -0.491 e. The first kappa shape index (κ1) is 20.8. The minimum absolute atomic E-state index is 0.0394. The Balaban J connectivity index is 1.85. The molecular weight excluding hydrogens is 411 g/mol. The zero-order chi connectivity index (χ0) is 21.0. The molecule has 0 atom stereocenters. The summed E-state index contributed by atoms with van der Waals surface area (Å²) in [5.41, 5.74) is -0.174. The van der Waals surface area contributed by atoms with Crippen molar-refractivity contribution < 1.29 is 32.5 Å². The number of nitrogens with zero attached hydrogens (tertiary/aromatic N) is 3. The highest BCUT2D eigenvalue weighted by molar-refractivity contribution is 7.09. The normalized spacial score (nSPS) is 11.6. The highest BCUT2D eigenvalue weighted by Crippen LogP contribution is 2.36. The molecule has 0 saturated heterocycles. The Labute approximate surface area is 167 Å². The molecule has 7 nitrogen and oxygen atoms in total. The summed E-state index contributed by atoms with van der Waals surface area (Å²) in [5.74, 6) is -1.03. The Morgan fingerprint density at radius 1 is 1.28 bits per heavy atom. The second kappa shape index (κ2) is 8.62. The van der Waals surface area contributed by atoms with E-state index in [2.05, 4.69) is 10.1 Å². The van der Waals surface area contributed by atoms with Crippen molar-refractivity contribution in [2.24, 2.45) is 0 Å². The predicted octanol–water partition coefficient (Wildman–Crippen LogP) is 3.80. The van der Waals surface area contributed by atoms with Gasteiger partial charge >= 0.3 is 12.1 Å². The molecule has 0 bridgehead atoms. The molecule has 0 spiro atoms. The van der Waals surface area contributed by atoms with Crippen LogP contribution in [0.5, 0.6) is 5.75 Å². The summed E-state index contributed by atoms with van der Waals surface area (Å²) in [7, 11) is 1.47. The number of carbonyl (C=O) groups is 1. The molecule has 0 aliphatic carbocycles. The van der Waals surface area contributed by atoms with Crippen molar-refractivity contribution in [2.75, 3.05) is 20.3 Å². The highest BCUT2D eigenvalue weighted by atomic mass is 32.1. The van der Waals surface area contributed by atoms with Crippen molar-refractivity contribution in [3.63, 3.8) is 0 Å². The lowest BCUT2D eigenvalue weighted by Crippen LogP contribution is -2.08. The van der Waals surface area contributed by atoms with E-state index >= 15 is 0 Å². The Bertz CT molecular complexity index is 1000. The first-order valence-electron chi connectivity index (χ1n) is 8.31. The molecule has 29 heavy (non-hydrogen) atoms. The number of rotatable bonds is 8. The fourth-order valence-electron chi connectivity index (χ4n) is 2.45. The number of ether oxygens (including phenoxy) is 2. The number of benzene rings is 1. The van der Waals surface area contributed by atoms with Gasteiger partial charge in [0.2, 0.25) is 0 Å². The van der Waals surface area contributed by atoms with Crippen molar-refractivity contribution in [1.29, 1.82) is 0 Å². The van der Waals surface area contributed by atoms with Crippen LogP contribution >= 0.6 is 11.3 Å². The standard InChI is InChI=1S/C18H16F3N3O4S/c1-27-2-3-28-14-5-11(4-13(6-14)18(19,20)21)15-10-29-16(23-15)9-24-8-12(7-22-24)17(25)26/h4-8,10H,2-3,9H2,1H3,(H,25,26). The lowest BCUT2D eigenvalue weighted by Gasteiger charge is -2.12. The van der Waals surface area contributed by atoms with Crippen LogP contribution in [0.15, 0.2) is 36.0 Å². The lowest BCUT2D eigenvalue weighted by molar-refractivity contribution is -0.137. The number of hydrogen-bond donors (Lipinski definition) is 1. The third-order valence-corrected chi connectivity index (χ3v) is 4.65. The number of aromatic nitrogens is 3. The summed E-state index contributed by atoms with van der Waals surface area (Å²) in [6, 6.07) is 3.43. The van der Waals surface area contributed by atoms with Crippen LogP contribution in [-0.4, -0.2) is 46.2 Å². The molecule has 1 N–H and O–H groups in total. The zero-order valence-electron chi connectivity index (χ0n) is 15.1. The lowest BCUT2D eigenvalue weighted by atomic mass is 10.1. The molecule has 1 aromatic carbocycles. The van der Waals surface area contributed by atoms with Crippen LogP contribution in [0.3, 0.4) is 0 Å².